The van der Waals surface area contributed by atoms with Crippen molar-refractivity contribution in [2.45, 2.75) is 33.8 Å². The Morgan fingerprint density at radius 3 is 2.14 bits per heavy atom. The summed E-state index contributed by atoms with van der Waals surface area (Å²) >= 11 is 35.8. The zero-order chi connectivity index (χ0) is 20.8. The summed E-state index contributed by atoms with van der Waals surface area (Å²) in [6.07, 6.45) is 7.01. The van der Waals surface area contributed by atoms with Crippen LogP contribution in [0.5, 0.6) is 5.75 Å². The van der Waals surface area contributed by atoms with Gasteiger partial charge >= 0.3 is 0 Å². The number of hydrogen-bond acceptors (Lipinski definition) is 2. The lowest BCUT2D eigenvalue weighted by Crippen LogP contribution is -2.09. The van der Waals surface area contributed by atoms with Gasteiger partial charge in [-0.1, -0.05) is 108 Å². The van der Waals surface area contributed by atoms with Crippen molar-refractivity contribution in [3.05, 3.63) is 58.9 Å². The number of alkyl halides is 6. The van der Waals surface area contributed by atoms with Crippen molar-refractivity contribution in [3.8, 4) is 5.75 Å². The Kier molecular flexibility index (Phi) is 9.07. The minimum Gasteiger partial charge on any atom is -0.494 e. The van der Waals surface area contributed by atoms with Crippen LogP contribution in [-0.2, 0) is 7.59 Å². The van der Waals surface area contributed by atoms with Crippen LogP contribution < -0.4 is 4.74 Å². The molecule has 0 radical (unpaired) electrons. The molecular weight excluding hydrogens is 483 g/mol. The van der Waals surface area contributed by atoms with E-state index in [-0.39, 0.29) is 5.69 Å². The zero-order valence-electron chi connectivity index (χ0n) is 15.1. The molecule has 0 atom stereocenters. The zero-order valence-corrected chi connectivity index (χ0v) is 19.6. The van der Waals surface area contributed by atoms with Gasteiger partial charge in [-0.2, -0.15) is 0 Å². The third-order valence-electron chi connectivity index (χ3n) is 3.81. The first-order chi connectivity index (χ1) is 13.1. The SMILES string of the molecule is CCCCCOc1ccc(/C=C/c2cc(C(Cl)(Cl)Cl)cc(C(Cl)(Cl)Cl)n2)cc1. The molecule has 1 aromatic carbocycles. The number of pyridine rings is 1. The van der Waals surface area contributed by atoms with E-state index < -0.39 is 7.59 Å². The summed E-state index contributed by atoms with van der Waals surface area (Å²) in [5.74, 6) is 0.836. The molecule has 0 saturated heterocycles. The van der Waals surface area contributed by atoms with E-state index in [1.54, 1.807) is 12.1 Å². The number of rotatable bonds is 7. The summed E-state index contributed by atoms with van der Waals surface area (Å²) in [4.78, 5) is 4.33. The van der Waals surface area contributed by atoms with Crippen LogP contribution in [0.3, 0.4) is 0 Å². The summed E-state index contributed by atoms with van der Waals surface area (Å²) in [5, 5.41) is 0. The van der Waals surface area contributed by atoms with Crippen LogP contribution in [-0.4, -0.2) is 11.6 Å². The molecular formula is C20H19Cl6NO. The normalized spacial score (nSPS) is 12.5. The molecule has 0 bridgehead atoms. The van der Waals surface area contributed by atoms with Crippen LogP contribution >= 0.6 is 69.6 Å². The van der Waals surface area contributed by atoms with Crippen LogP contribution in [0, 0.1) is 0 Å². The van der Waals surface area contributed by atoms with Crippen molar-refractivity contribution < 1.29 is 4.74 Å². The Balaban J connectivity index is 2.16. The Hall–Kier alpha value is -0.350. The first kappa shape index (κ1) is 23.9. The van der Waals surface area contributed by atoms with Crippen LogP contribution in [0.4, 0.5) is 0 Å². The lowest BCUT2D eigenvalue weighted by atomic mass is 10.1. The molecule has 0 saturated carbocycles. The number of halogens is 6. The second-order valence-electron chi connectivity index (χ2n) is 6.12. The largest absolute Gasteiger partial charge is 0.494 e. The highest BCUT2D eigenvalue weighted by molar-refractivity contribution is 6.67. The Labute approximate surface area is 195 Å². The summed E-state index contributed by atoms with van der Waals surface area (Å²) in [6.45, 7) is 2.88. The lowest BCUT2D eigenvalue weighted by molar-refractivity contribution is 0.306. The summed E-state index contributed by atoms with van der Waals surface area (Å²) < 4.78 is 2.32. The van der Waals surface area contributed by atoms with Crippen molar-refractivity contribution in [1.82, 2.24) is 4.98 Å². The van der Waals surface area contributed by atoms with Gasteiger partial charge < -0.3 is 4.74 Å². The Morgan fingerprint density at radius 2 is 1.57 bits per heavy atom. The molecule has 0 aliphatic rings. The predicted molar refractivity (Wildman–Crippen MR) is 123 cm³/mol. The Morgan fingerprint density at radius 1 is 0.893 bits per heavy atom. The monoisotopic (exact) mass is 499 g/mol. The predicted octanol–water partition coefficient (Wildman–Crippen LogP) is 8.47. The van der Waals surface area contributed by atoms with Crippen LogP contribution in [0.1, 0.15) is 48.7 Å². The summed E-state index contributed by atoms with van der Waals surface area (Å²) in [6, 6.07) is 10.8. The van der Waals surface area contributed by atoms with Crippen molar-refractivity contribution >= 4 is 81.8 Å². The average Bonchev–Trinajstić information content (AvgIpc) is 2.63. The number of benzene rings is 1. The number of ether oxygens (including phenoxy) is 1. The van der Waals surface area contributed by atoms with E-state index in [2.05, 4.69) is 11.9 Å². The van der Waals surface area contributed by atoms with Crippen molar-refractivity contribution in [2.75, 3.05) is 6.61 Å². The second kappa shape index (κ2) is 10.6. The quantitative estimate of drug-likeness (QED) is 0.280. The maximum absolute atomic E-state index is 5.98. The molecule has 2 rings (SSSR count). The smallest absolute Gasteiger partial charge is 0.232 e. The molecule has 28 heavy (non-hydrogen) atoms. The molecule has 8 heteroatoms. The molecule has 2 aromatic rings. The molecule has 0 spiro atoms. The first-order valence-corrected chi connectivity index (χ1v) is 10.9. The molecule has 0 unspecified atom stereocenters. The van der Waals surface area contributed by atoms with E-state index >= 15 is 0 Å². The minimum atomic E-state index is -1.73. The maximum atomic E-state index is 5.98. The number of aromatic nitrogens is 1. The van der Waals surface area contributed by atoms with Gasteiger partial charge in [-0.15, -0.1) is 0 Å². The molecule has 0 aliphatic heterocycles. The van der Waals surface area contributed by atoms with Gasteiger partial charge in [0.2, 0.25) is 7.59 Å². The molecule has 152 valence electrons. The number of hydrogen-bond donors (Lipinski definition) is 0. The lowest BCUT2D eigenvalue weighted by Gasteiger charge is -2.17. The molecule has 0 N–H and O–H groups in total. The third kappa shape index (κ3) is 7.82. The van der Waals surface area contributed by atoms with Gasteiger partial charge in [0.05, 0.1) is 18.0 Å². The van der Waals surface area contributed by atoms with Crippen molar-refractivity contribution in [1.29, 1.82) is 0 Å². The maximum Gasteiger partial charge on any atom is 0.232 e. The van der Waals surface area contributed by atoms with E-state index in [4.69, 9.17) is 74.3 Å². The fourth-order valence-corrected chi connectivity index (χ4v) is 2.96. The van der Waals surface area contributed by atoms with Crippen molar-refractivity contribution in [3.63, 3.8) is 0 Å². The highest BCUT2D eigenvalue weighted by atomic mass is 35.6. The molecule has 1 heterocycles. The number of nitrogens with zero attached hydrogens (tertiary/aromatic N) is 1. The van der Waals surface area contributed by atoms with E-state index in [0.29, 0.717) is 11.3 Å². The highest BCUT2D eigenvalue weighted by Gasteiger charge is 2.30. The molecule has 2 nitrogen and oxygen atoms in total. The van der Waals surface area contributed by atoms with E-state index in [1.165, 1.54) is 12.5 Å². The van der Waals surface area contributed by atoms with Gasteiger partial charge in [0, 0.05) is 5.56 Å². The van der Waals surface area contributed by atoms with Crippen LogP contribution in [0.15, 0.2) is 36.4 Å². The van der Waals surface area contributed by atoms with Crippen LogP contribution in [0.2, 0.25) is 0 Å². The van der Waals surface area contributed by atoms with E-state index in [1.807, 2.05) is 30.3 Å². The van der Waals surface area contributed by atoms with Gasteiger partial charge in [0.15, 0.2) is 0 Å². The summed E-state index contributed by atoms with van der Waals surface area (Å²) in [7, 11) is 0. The molecule has 1 aromatic heterocycles. The van der Waals surface area contributed by atoms with Crippen LogP contribution in [0.25, 0.3) is 12.2 Å². The van der Waals surface area contributed by atoms with Gasteiger partial charge in [0.1, 0.15) is 5.75 Å². The highest BCUT2D eigenvalue weighted by Crippen LogP contribution is 2.43. The number of unbranched alkanes of at least 4 members (excludes halogenated alkanes) is 2. The molecule has 0 amide bonds. The van der Waals surface area contributed by atoms with E-state index in [0.717, 1.165) is 30.8 Å². The fourth-order valence-electron chi connectivity index (χ4n) is 2.35. The minimum absolute atomic E-state index is 0.178. The average molecular weight is 502 g/mol. The van der Waals surface area contributed by atoms with E-state index in [9.17, 15) is 0 Å². The van der Waals surface area contributed by atoms with Gasteiger partial charge in [-0.05, 0) is 42.3 Å². The fraction of sp³-hybridized carbons (Fsp3) is 0.350. The van der Waals surface area contributed by atoms with Crippen molar-refractivity contribution in [2.24, 2.45) is 0 Å². The van der Waals surface area contributed by atoms with Gasteiger partial charge in [-0.3, -0.25) is 0 Å². The topological polar surface area (TPSA) is 22.1 Å². The summed E-state index contributed by atoms with van der Waals surface area (Å²) in [5.41, 5.74) is 2.00. The second-order valence-corrected chi connectivity index (χ2v) is 10.7. The first-order valence-electron chi connectivity index (χ1n) is 8.67. The van der Waals surface area contributed by atoms with Gasteiger partial charge in [-0.25, -0.2) is 4.98 Å². The Bertz CT molecular complexity index is 762. The van der Waals surface area contributed by atoms with Gasteiger partial charge in [0.25, 0.3) is 0 Å². The molecule has 0 fully saturated rings. The third-order valence-corrected chi connectivity index (χ3v) is 5.04. The molecule has 0 aliphatic carbocycles. The standard InChI is InChI=1S/C20H19Cl6NO/c1-2-3-4-11-28-17-9-6-14(7-10-17)5-8-16-12-15(19(21,22)23)13-18(27-16)20(24,25)26/h5-10,12-13H,2-4,11H2,1H3/b8-5+.